The Kier molecular flexibility index (Phi) is 3.61. The van der Waals surface area contributed by atoms with Gasteiger partial charge in [0, 0.05) is 17.1 Å². The minimum atomic E-state index is -0.0607. The second-order valence-corrected chi connectivity index (χ2v) is 6.72. The largest absolute Gasteiger partial charge is 0.352 e. The Hall–Kier alpha value is -1.10. The molecule has 1 atom stereocenters. The van der Waals surface area contributed by atoms with Crippen molar-refractivity contribution in [3.63, 3.8) is 0 Å². The highest BCUT2D eigenvalue weighted by molar-refractivity contribution is 7.07. The molecule has 100 valence electrons. The molecule has 1 saturated carbocycles. The third-order valence-corrected chi connectivity index (χ3v) is 4.49. The number of carbonyl (C=O) groups is 1. The van der Waals surface area contributed by atoms with E-state index in [-0.39, 0.29) is 23.4 Å². The summed E-state index contributed by atoms with van der Waals surface area (Å²) in [6.07, 6.45) is 3.21. The van der Waals surface area contributed by atoms with E-state index in [0.29, 0.717) is 5.41 Å². The topological polar surface area (TPSA) is 51.1 Å². The summed E-state index contributed by atoms with van der Waals surface area (Å²) in [7, 11) is 0. The van der Waals surface area contributed by atoms with Gasteiger partial charge >= 0.3 is 4.87 Å². The Morgan fingerprint density at radius 2 is 2.33 bits per heavy atom. The van der Waals surface area contributed by atoms with Crippen LogP contribution in [0.5, 0.6) is 0 Å². The van der Waals surface area contributed by atoms with Crippen molar-refractivity contribution in [1.29, 1.82) is 0 Å². The SMILES string of the molecule is Cc1csc(=O)n1CC(=O)NC1CCC(C)(C)C1. The van der Waals surface area contributed by atoms with Crippen molar-refractivity contribution in [3.8, 4) is 0 Å². The predicted octanol–water partition coefficient (Wildman–Crippen LogP) is 1.91. The Morgan fingerprint density at radius 3 is 2.83 bits per heavy atom. The Labute approximate surface area is 111 Å². The lowest BCUT2D eigenvalue weighted by atomic mass is 9.92. The van der Waals surface area contributed by atoms with E-state index in [2.05, 4.69) is 19.2 Å². The molecule has 1 aromatic heterocycles. The minimum absolute atomic E-state index is 0.0544. The number of hydrogen-bond acceptors (Lipinski definition) is 3. The summed E-state index contributed by atoms with van der Waals surface area (Å²) in [5.41, 5.74) is 1.18. The summed E-state index contributed by atoms with van der Waals surface area (Å²) in [4.78, 5) is 23.4. The van der Waals surface area contributed by atoms with Crippen LogP contribution in [0.1, 0.15) is 38.8 Å². The first-order valence-electron chi connectivity index (χ1n) is 6.32. The summed E-state index contributed by atoms with van der Waals surface area (Å²) in [5, 5.41) is 4.82. The molecule has 1 fully saturated rings. The summed E-state index contributed by atoms with van der Waals surface area (Å²) < 4.78 is 1.53. The molecule has 1 unspecified atom stereocenters. The molecule has 0 radical (unpaired) electrons. The highest BCUT2D eigenvalue weighted by Crippen LogP contribution is 2.36. The van der Waals surface area contributed by atoms with E-state index >= 15 is 0 Å². The van der Waals surface area contributed by atoms with Crippen LogP contribution in [-0.4, -0.2) is 16.5 Å². The van der Waals surface area contributed by atoms with Crippen LogP contribution in [0.25, 0.3) is 0 Å². The molecule has 0 spiro atoms. The lowest BCUT2D eigenvalue weighted by Crippen LogP contribution is -2.37. The average molecular weight is 268 g/mol. The van der Waals surface area contributed by atoms with Gasteiger partial charge in [-0.2, -0.15) is 0 Å². The maximum atomic E-state index is 11.9. The van der Waals surface area contributed by atoms with Crippen LogP contribution in [0, 0.1) is 12.3 Å². The van der Waals surface area contributed by atoms with Crippen LogP contribution < -0.4 is 10.2 Å². The smallest absolute Gasteiger partial charge is 0.307 e. The lowest BCUT2D eigenvalue weighted by molar-refractivity contribution is -0.122. The highest BCUT2D eigenvalue weighted by atomic mass is 32.1. The molecule has 0 aromatic carbocycles. The molecule has 1 N–H and O–H groups in total. The normalized spacial score (nSPS) is 22.1. The molecule has 1 aliphatic rings. The zero-order valence-electron chi connectivity index (χ0n) is 11.2. The molecule has 0 aliphatic heterocycles. The first kappa shape index (κ1) is 13.3. The van der Waals surface area contributed by atoms with Gasteiger partial charge in [-0.3, -0.25) is 14.2 Å². The van der Waals surface area contributed by atoms with Crippen molar-refractivity contribution in [2.24, 2.45) is 5.41 Å². The van der Waals surface area contributed by atoms with Crippen molar-refractivity contribution in [2.45, 2.75) is 52.6 Å². The molecule has 0 saturated heterocycles. The summed E-state index contributed by atoms with van der Waals surface area (Å²) in [5.74, 6) is -0.0544. The summed E-state index contributed by atoms with van der Waals surface area (Å²) in [6.45, 7) is 6.45. The number of aryl methyl sites for hydroxylation is 1. The van der Waals surface area contributed by atoms with Crippen LogP contribution in [0.3, 0.4) is 0 Å². The van der Waals surface area contributed by atoms with Crippen LogP contribution in [-0.2, 0) is 11.3 Å². The Balaban J connectivity index is 1.92. The third-order valence-electron chi connectivity index (χ3n) is 3.61. The molecule has 1 heterocycles. The fraction of sp³-hybridized carbons (Fsp3) is 0.692. The van der Waals surface area contributed by atoms with Crippen LogP contribution in [0.4, 0.5) is 0 Å². The number of hydrogen-bond donors (Lipinski definition) is 1. The van der Waals surface area contributed by atoms with Crippen LogP contribution in [0.2, 0.25) is 0 Å². The van der Waals surface area contributed by atoms with E-state index in [1.54, 1.807) is 5.38 Å². The Morgan fingerprint density at radius 1 is 1.61 bits per heavy atom. The second-order valence-electron chi connectivity index (χ2n) is 5.90. The van der Waals surface area contributed by atoms with Crippen molar-refractivity contribution in [3.05, 3.63) is 20.7 Å². The summed E-state index contributed by atoms with van der Waals surface area (Å²) >= 11 is 1.14. The van der Waals surface area contributed by atoms with Gasteiger partial charge in [0.25, 0.3) is 0 Å². The zero-order valence-corrected chi connectivity index (χ0v) is 12.0. The maximum absolute atomic E-state index is 11.9. The standard InChI is InChI=1S/C13H20N2O2S/c1-9-8-18-12(17)15(9)7-11(16)14-10-4-5-13(2,3)6-10/h8,10H,4-7H2,1-3H3,(H,14,16). The van der Waals surface area contributed by atoms with Crippen LogP contribution in [0.15, 0.2) is 10.2 Å². The molecular formula is C13H20N2O2S. The van der Waals surface area contributed by atoms with Gasteiger partial charge in [0.05, 0.1) is 0 Å². The van der Waals surface area contributed by atoms with Crippen LogP contribution >= 0.6 is 11.3 Å². The number of rotatable bonds is 3. The molecule has 2 rings (SSSR count). The summed E-state index contributed by atoms with van der Waals surface area (Å²) in [6, 6.07) is 0.266. The van der Waals surface area contributed by atoms with Gasteiger partial charge in [-0.1, -0.05) is 25.2 Å². The van der Waals surface area contributed by atoms with Gasteiger partial charge < -0.3 is 5.32 Å². The van der Waals surface area contributed by atoms with Gasteiger partial charge in [-0.15, -0.1) is 0 Å². The van der Waals surface area contributed by atoms with E-state index in [0.717, 1.165) is 36.3 Å². The molecule has 1 aliphatic carbocycles. The predicted molar refractivity (Wildman–Crippen MR) is 72.9 cm³/mol. The highest BCUT2D eigenvalue weighted by Gasteiger charge is 2.31. The molecule has 0 bridgehead atoms. The maximum Gasteiger partial charge on any atom is 0.307 e. The molecule has 1 amide bonds. The fourth-order valence-corrected chi connectivity index (χ4v) is 3.31. The Bertz CT molecular complexity index is 501. The number of amides is 1. The van der Waals surface area contributed by atoms with E-state index < -0.39 is 0 Å². The van der Waals surface area contributed by atoms with Gasteiger partial charge in [-0.25, -0.2) is 0 Å². The first-order chi connectivity index (χ1) is 8.37. The minimum Gasteiger partial charge on any atom is -0.352 e. The zero-order chi connectivity index (χ0) is 13.3. The van der Waals surface area contributed by atoms with Gasteiger partial charge in [0.1, 0.15) is 6.54 Å². The first-order valence-corrected chi connectivity index (χ1v) is 7.20. The van der Waals surface area contributed by atoms with E-state index in [4.69, 9.17) is 0 Å². The second kappa shape index (κ2) is 4.88. The van der Waals surface area contributed by atoms with Crippen molar-refractivity contribution >= 4 is 17.2 Å². The number of nitrogens with zero attached hydrogens (tertiary/aromatic N) is 1. The fourth-order valence-electron chi connectivity index (χ4n) is 2.57. The van der Waals surface area contributed by atoms with Gasteiger partial charge in [0.2, 0.25) is 5.91 Å². The molecule has 5 heteroatoms. The van der Waals surface area contributed by atoms with Crippen molar-refractivity contribution in [1.82, 2.24) is 9.88 Å². The van der Waals surface area contributed by atoms with Gasteiger partial charge in [0.15, 0.2) is 0 Å². The molecule has 4 nitrogen and oxygen atoms in total. The van der Waals surface area contributed by atoms with E-state index in [9.17, 15) is 9.59 Å². The molecule has 18 heavy (non-hydrogen) atoms. The number of nitrogens with one attached hydrogen (secondary N) is 1. The monoisotopic (exact) mass is 268 g/mol. The molecule has 1 aromatic rings. The number of carbonyl (C=O) groups excluding carboxylic acids is 1. The molecular weight excluding hydrogens is 248 g/mol. The number of aromatic nitrogens is 1. The van der Waals surface area contributed by atoms with Crippen molar-refractivity contribution in [2.75, 3.05) is 0 Å². The third kappa shape index (κ3) is 3.02. The average Bonchev–Trinajstić information content (AvgIpc) is 2.75. The van der Waals surface area contributed by atoms with Gasteiger partial charge in [-0.05, 0) is 31.6 Å². The van der Waals surface area contributed by atoms with E-state index in [1.165, 1.54) is 4.57 Å². The van der Waals surface area contributed by atoms with Crippen molar-refractivity contribution < 1.29 is 4.79 Å². The van der Waals surface area contributed by atoms with E-state index in [1.807, 2.05) is 6.92 Å². The lowest BCUT2D eigenvalue weighted by Gasteiger charge is -2.18. The quantitative estimate of drug-likeness (QED) is 0.910. The number of thiazole rings is 1.